The Morgan fingerprint density at radius 2 is 1.81 bits per heavy atom. The third-order valence-electron chi connectivity index (χ3n) is 2.30. The average Bonchev–Trinajstić information content (AvgIpc) is 2.65. The summed E-state index contributed by atoms with van der Waals surface area (Å²) >= 11 is 0. The van der Waals surface area contributed by atoms with E-state index in [0.29, 0.717) is 0 Å². The molecule has 0 spiro atoms. The summed E-state index contributed by atoms with van der Waals surface area (Å²) in [7, 11) is 1.95. The number of benzene rings is 1. The van der Waals surface area contributed by atoms with Crippen LogP contribution in [-0.2, 0) is 7.05 Å². The molecule has 2 aromatic rings. The van der Waals surface area contributed by atoms with Crippen LogP contribution in [-0.4, -0.2) is 9.55 Å². The predicted molar refractivity (Wildman–Crippen MR) is 70.2 cm³/mol. The van der Waals surface area contributed by atoms with Gasteiger partial charge in [-0.3, -0.25) is 0 Å². The summed E-state index contributed by atoms with van der Waals surface area (Å²) < 4.78 is 1.94. The predicted octanol–water partition coefficient (Wildman–Crippen LogP) is 2.31. The van der Waals surface area contributed by atoms with Crippen molar-refractivity contribution in [2.24, 2.45) is 12.8 Å². The van der Waals surface area contributed by atoms with Gasteiger partial charge in [-0.1, -0.05) is 30.3 Å². The van der Waals surface area contributed by atoms with Crippen LogP contribution in [0, 0.1) is 0 Å². The number of imidazole rings is 1. The Hall–Kier alpha value is -1.03. The zero-order valence-electron chi connectivity index (χ0n) is 8.91. The lowest BCUT2D eigenvalue weighted by Crippen LogP contribution is -2.16. The minimum Gasteiger partial charge on any atom is -0.336 e. The minimum atomic E-state index is -0.142. The second-order valence-corrected chi connectivity index (χ2v) is 3.28. The van der Waals surface area contributed by atoms with Crippen molar-refractivity contribution in [3.63, 3.8) is 0 Å². The van der Waals surface area contributed by atoms with E-state index >= 15 is 0 Å². The van der Waals surface area contributed by atoms with E-state index in [2.05, 4.69) is 4.98 Å². The van der Waals surface area contributed by atoms with Gasteiger partial charge in [0.1, 0.15) is 5.82 Å². The summed E-state index contributed by atoms with van der Waals surface area (Å²) in [5, 5.41) is 0. The molecular formula is C11H15Cl2N3. The molecule has 0 saturated heterocycles. The van der Waals surface area contributed by atoms with Crippen LogP contribution in [0.3, 0.4) is 0 Å². The molecule has 0 fully saturated rings. The highest BCUT2D eigenvalue weighted by molar-refractivity contribution is 5.85. The molecule has 0 aliphatic carbocycles. The second kappa shape index (κ2) is 6.53. The molecule has 88 valence electrons. The van der Waals surface area contributed by atoms with Crippen LogP contribution in [0.1, 0.15) is 17.4 Å². The van der Waals surface area contributed by atoms with Crippen LogP contribution in [0.25, 0.3) is 0 Å². The molecule has 16 heavy (non-hydrogen) atoms. The number of aryl methyl sites for hydroxylation is 1. The molecule has 1 atom stereocenters. The molecule has 5 heteroatoms. The Bertz CT molecular complexity index is 414. The first-order valence-electron chi connectivity index (χ1n) is 4.57. The lowest BCUT2D eigenvalue weighted by Gasteiger charge is -2.11. The first kappa shape index (κ1) is 15.0. The van der Waals surface area contributed by atoms with Gasteiger partial charge in [-0.25, -0.2) is 4.98 Å². The van der Waals surface area contributed by atoms with Gasteiger partial charge in [0.25, 0.3) is 0 Å². The first-order valence-corrected chi connectivity index (χ1v) is 4.57. The molecule has 0 amide bonds. The monoisotopic (exact) mass is 259 g/mol. The van der Waals surface area contributed by atoms with Gasteiger partial charge in [-0.15, -0.1) is 24.8 Å². The SMILES string of the molecule is Cl.Cl.Cn1ccnc1[C@H](N)c1ccccc1. The molecule has 3 nitrogen and oxygen atoms in total. The first-order chi connectivity index (χ1) is 6.79. The van der Waals surface area contributed by atoms with Crippen molar-refractivity contribution >= 4 is 24.8 Å². The van der Waals surface area contributed by atoms with E-state index in [-0.39, 0.29) is 30.9 Å². The van der Waals surface area contributed by atoms with Crippen molar-refractivity contribution in [1.29, 1.82) is 0 Å². The van der Waals surface area contributed by atoms with Gasteiger partial charge in [-0.05, 0) is 5.56 Å². The van der Waals surface area contributed by atoms with Gasteiger partial charge in [0.2, 0.25) is 0 Å². The number of hydrogen-bond acceptors (Lipinski definition) is 2. The van der Waals surface area contributed by atoms with E-state index in [9.17, 15) is 0 Å². The molecule has 1 aromatic heterocycles. The average molecular weight is 260 g/mol. The molecule has 0 unspecified atom stereocenters. The van der Waals surface area contributed by atoms with Crippen LogP contribution in [0.15, 0.2) is 42.7 Å². The quantitative estimate of drug-likeness (QED) is 0.900. The minimum absolute atomic E-state index is 0. The standard InChI is InChI=1S/C11H13N3.2ClH/c1-14-8-7-13-11(14)10(12)9-5-3-2-4-6-9;;/h2-8,10H,12H2,1H3;2*1H/t10-;;/m1../s1. The normalized spacial score (nSPS) is 11.1. The zero-order valence-corrected chi connectivity index (χ0v) is 10.5. The van der Waals surface area contributed by atoms with Gasteiger partial charge in [0.15, 0.2) is 0 Å². The Morgan fingerprint density at radius 3 is 2.31 bits per heavy atom. The van der Waals surface area contributed by atoms with Crippen LogP contribution in [0.4, 0.5) is 0 Å². The fourth-order valence-corrected chi connectivity index (χ4v) is 1.49. The smallest absolute Gasteiger partial charge is 0.129 e. The van der Waals surface area contributed by atoms with Crippen molar-refractivity contribution in [2.45, 2.75) is 6.04 Å². The highest BCUT2D eigenvalue weighted by Gasteiger charge is 2.11. The van der Waals surface area contributed by atoms with Crippen LogP contribution in [0.2, 0.25) is 0 Å². The van der Waals surface area contributed by atoms with Crippen LogP contribution >= 0.6 is 24.8 Å². The Labute approximate surface area is 108 Å². The third kappa shape index (κ3) is 2.98. The molecule has 0 saturated carbocycles. The highest BCUT2D eigenvalue weighted by atomic mass is 35.5. The van der Waals surface area contributed by atoms with E-state index < -0.39 is 0 Å². The van der Waals surface area contributed by atoms with Gasteiger partial charge >= 0.3 is 0 Å². The second-order valence-electron chi connectivity index (χ2n) is 3.28. The largest absolute Gasteiger partial charge is 0.336 e. The number of nitrogens with zero attached hydrogens (tertiary/aromatic N) is 2. The number of aromatic nitrogens is 2. The fourth-order valence-electron chi connectivity index (χ4n) is 1.49. The summed E-state index contributed by atoms with van der Waals surface area (Å²) in [6.45, 7) is 0. The van der Waals surface area contributed by atoms with Crippen molar-refractivity contribution in [3.05, 3.63) is 54.1 Å². The van der Waals surface area contributed by atoms with Crippen molar-refractivity contribution < 1.29 is 0 Å². The van der Waals surface area contributed by atoms with E-state index in [1.807, 2.05) is 48.1 Å². The van der Waals surface area contributed by atoms with Gasteiger partial charge in [0.05, 0.1) is 6.04 Å². The van der Waals surface area contributed by atoms with Gasteiger partial charge in [-0.2, -0.15) is 0 Å². The molecule has 0 radical (unpaired) electrons. The molecule has 2 N–H and O–H groups in total. The van der Waals surface area contributed by atoms with Gasteiger partial charge < -0.3 is 10.3 Å². The van der Waals surface area contributed by atoms with Gasteiger partial charge in [0, 0.05) is 19.4 Å². The van der Waals surface area contributed by atoms with Crippen molar-refractivity contribution in [2.75, 3.05) is 0 Å². The summed E-state index contributed by atoms with van der Waals surface area (Å²) in [6.07, 6.45) is 3.66. The maximum absolute atomic E-state index is 6.08. The van der Waals surface area contributed by atoms with E-state index in [1.54, 1.807) is 6.20 Å². The van der Waals surface area contributed by atoms with E-state index in [4.69, 9.17) is 5.73 Å². The summed E-state index contributed by atoms with van der Waals surface area (Å²) in [4.78, 5) is 4.23. The molecule has 0 aliphatic rings. The van der Waals surface area contributed by atoms with Crippen molar-refractivity contribution in [3.8, 4) is 0 Å². The lowest BCUT2D eigenvalue weighted by molar-refractivity contribution is 0.717. The van der Waals surface area contributed by atoms with Crippen molar-refractivity contribution in [1.82, 2.24) is 9.55 Å². The third-order valence-corrected chi connectivity index (χ3v) is 2.30. The maximum atomic E-state index is 6.08. The number of halogens is 2. The lowest BCUT2D eigenvalue weighted by atomic mass is 10.1. The zero-order chi connectivity index (χ0) is 9.97. The maximum Gasteiger partial charge on any atom is 0.129 e. The fraction of sp³-hybridized carbons (Fsp3) is 0.182. The Balaban J connectivity index is 0.00000112. The number of nitrogens with two attached hydrogens (primary N) is 1. The molecular weight excluding hydrogens is 245 g/mol. The topological polar surface area (TPSA) is 43.8 Å². The van der Waals surface area contributed by atoms with Crippen LogP contribution in [0.5, 0.6) is 0 Å². The van der Waals surface area contributed by atoms with E-state index in [1.165, 1.54) is 0 Å². The molecule has 2 rings (SSSR count). The number of hydrogen-bond donors (Lipinski definition) is 1. The number of rotatable bonds is 2. The summed E-state index contributed by atoms with van der Waals surface area (Å²) in [6, 6.07) is 9.83. The Morgan fingerprint density at radius 1 is 1.19 bits per heavy atom. The summed E-state index contributed by atoms with van der Waals surface area (Å²) in [5.74, 6) is 0.885. The molecule has 1 aromatic carbocycles. The Kier molecular flexibility index (Phi) is 6.11. The molecule has 1 heterocycles. The van der Waals surface area contributed by atoms with Crippen LogP contribution < -0.4 is 5.73 Å². The molecule has 0 bridgehead atoms. The van der Waals surface area contributed by atoms with E-state index in [0.717, 1.165) is 11.4 Å². The highest BCUT2D eigenvalue weighted by Crippen LogP contribution is 2.16. The molecule has 0 aliphatic heterocycles. The summed E-state index contributed by atoms with van der Waals surface area (Å²) in [5.41, 5.74) is 7.16.